The summed E-state index contributed by atoms with van der Waals surface area (Å²) in [5.74, 6) is -0.556. The van der Waals surface area contributed by atoms with E-state index in [1.165, 1.54) is 12.1 Å². The minimum atomic E-state index is -0.706. The molecule has 2 heterocycles. The molecule has 1 fully saturated rings. The van der Waals surface area contributed by atoms with E-state index in [0.29, 0.717) is 32.0 Å². The third-order valence-electron chi connectivity index (χ3n) is 3.87. The van der Waals surface area contributed by atoms with Crippen molar-refractivity contribution in [2.45, 2.75) is 0 Å². The first-order valence-electron chi connectivity index (χ1n) is 7.62. The van der Waals surface area contributed by atoms with Crippen molar-refractivity contribution in [2.24, 2.45) is 0 Å². The van der Waals surface area contributed by atoms with E-state index in [1.54, 1.807) is 17.0 Å². The molecule has 0 saturated carbocycles. The quantitative estimate of drug-likeness (QED) is 0.838. The molecule has 25 heavy (non-hydrogen) atoms. The minimum Gasteiger partial charge on any atom is -0.352 e. The highest BCUT2D eigenvalue weighted by atomic mass is 35.5. The molecule has 1 saturated heterocycles. The summed E-state index contributed by atoms with van der Waals surface area (Å²) >= 11 is 5.87. The second kappa shape index (κ2) is 7.43. The topological polar surface area (TPSA) is 78.4 Å². The molecule has 1 N–H and O–H groups in total. The van der Waals surface area contributed by atoms with E-state index >= 15 is 0 Å². The van der Waals surface area contributed by atoms with Crippen LogP contribution in [0, 0.1) is 5.82 Å². The second-order valence-corrected chi connectivity index (χ2v) is 5.86. The van der Waals surface area contributed by atoms with Gasteiger partial charge in [-0.1, -0.05) is 17.7 Å². The number of carbonyl (C=O) groups is 2. The normalized spacial score (nSPS) is 14.3. The summed E-state index contributed by atoms with van der Waals surface area (Å²) in [6.45, 7) is 2.55. The summed E-state index contributed by atoms with van der Waals surface area (Å²) in [5.41, 5.74) is -0.236. The van der Waals surface area contributed by atoms with Crippen molar-refractivity contribution in [2.75, 3.05) is 36.4 Å². The maximum absolute atomic E-state index is 13.8. The number of nitrogens with one attached hydrogen (secondary N) is 1. The molecule has 0 spiro atoms. The summed E-state index contributed by atoms with van der Waals surface area (Å²) < 4.78 is 13.8. The van der Waals surface area contributed by atoms with Gasteiger partial charge in [-0.15, -0.1) is 10.2 Å². The van der Waals surface area contributed by atoms with Gasteiger partial charge in [0.1, 0.15) is 5.82 Å². The highest BCUT2D eigenvalue weighted by molar-refractivity contribution is 6.34. The zero-order valence-electron chi connectivity index (χ0n) is 13.2. The number of hydrogen-bond donors (Lipinski definition) is 1. The molecule has 7 nitrogen and oxygen atoms in total. The first-order chi connectivity index (χ1) is 12.1. The van der Waals surface area contributed by atoms with Gasteiger partial charge in [-0.2, -0.15) is 0 Å². The number of rotatable bonds is 4. The van der Waals surface area contributed by atoms with Crippen LogP contribution < -0.4 is 10.2 Å². The molecule has 0 aliphatic carbocycles. The van der Waals surface area contributed by atoms with Gasteiger partial charge in [0, 0.05) is 26.2 Å². The van der Waals surface area contributed by atoms with Crippen LogP contribution in [0.1, 0.15) is 10.4 Å². The maximum Gasteiger partial charge on any atom is 0.261 e. The van der Waals surface area contributed by atoms with Crippen molar-refractivity contribution < 1.29 is 14.0 Å². The van der Waals surface area contributed by atoms with Crippen LogP contribution in [0.5, 0.6) is 0 Å². The fourth-order valence-electron chi connectivity index (χ4n) is 2.51. The van der Waals surface area contributed by atoms with Crippen molar-refractivity contribution in [3.63, 3.8) is 0 Å². The van der Waals surface area contributed by atoms with E-state index in [2.05, 4.69) is 15.5 Å². The Morgan fingerprint density at radius 3 is 2.52 bits per heavy atom. The van der Waals surface area contributed by atoms with Gasteiger partial charge in [-0.25, -0.2) is 4.39 Å². The summed E-state index contributed by atoms with van der Waals surface area (Å²) in [7, 11) is 0. The van der Waals surface area contributed by atoms with Crippen LogP contribution in [0.2, 0.25) is 5.02 Å². The van der Waals surface area contributed by atoms with Crippen molar-refractivity contribution in [3.05, 3.63) is 46.7 Å². The van der Waals surface area contributed by atoms with Gasteiger partial charge in [0.15, 0.2) is 11.6 Å². The number of benzene rings is 1. The highest BCUT2D eigenvalue weighted by Crippen LogP contribution is 2.20. The zero-order valence-corrected chi connectivity index (χ0v) is 13.9. The van der Waals surface area contributed by atoms with Crippen LogP contribution in [0.4, 0.5) is 16.0 Å². The number of hydrogen-bond acceptors (Lipinski definition) is 5. The lowest BCUT2D eigenvalue weighted by atomic mass is 10.2. The monoisotopic (exact) mass is 363 g/mol. The molecule has 0 atom stereocenters. The summed E-state index contributed by atoms with van der Waals surface area (Å²) in [4.78, 5) is 26.6. The molecule has 9 heteroatoms. The molecule has 1 aromatic carbocycles. The molecule has 2 aromatic rings. The minimum absolute atomic E-state index is 0.0233. The lowest BCUT2D eigenvalue weighted by Crippen LogP contribution is -2.46. The van der Waals surface area contributed by atoms with Crippen LogP contribution >= 0.6 is 11.6 Å². The Kier molecular flexibility index (Phi) is 5.08. The molecule has 0 bridgehead atoms. The number of halogens is 2. The first-order valence-corrected chi connectivity index (χ1v) is 7.99. The molecule has 1 aliphatic rings. The Bertz CT molecular complexity index is 758. The molecular formula is C16H15ClFN5O2. The van der Waals surface area contributed by atoms with Crippen molar-refractivity contribution >= 4 is 35.6 Å². The first kappa shape index (κ1) is 17.1. The van der Waals surface area contributed by atoms with Crippen molar-refractivity contribution in [1.29, 1.82) is 0 Å². The van der Waals surface area contributed by atoms with Gasteiger partial charge in [-0.3, -0.25) is 9.59 Å². The van der Waals surface area contributed by atoms with E-state index in [1.807, 2.05) is 4.90 Å². The molecule has 0 unspecified atom stereocenters. The Labute approximate surface area is 148 Å². The average Bonchev–Trinajstić information content (AvgIpc) is 2.62. The van der Waals surface area contributed by atoms with Gasteiger partial charge < -0.3 is 15.1 Å². The van der Waals surface area contributed by atoms with E-state index in [4.69, 9.17) is 11.6 Å². The Morgan fingerprint density at radius 2 is 1.92 bits per heavy atom. The summed E-state index contributed by atoms with van der Waals surface area (Å²) in [6.07, 6.45) is 0.829. The van der Waals surface area contributed by atoms with Gasteiger partial charge in [0.05, 0.1) is 10.6 Å². The summed E-state index contributed by atoms with van der Waals surface area (Å²) in [5, 5.41) is 10.5. The average molecular weight is 364 g/mol. The standard InChI is InChI=1S/C16H15ClFN5O2/c17-11-2-1-3-12(18)15(11)16(25)19-13-4-5-14(21-20-13)23-8-6-22(10-24)7-9-23/h1-5,10H,6-9H2,(H,19,20,25). The third kappa shape index (κ3) is 3.85. The smallest absolute Gasteiger partial charge is 0.261 e. The van der Waals surface area contributed by atoms with Crippen LogP contribution in [0.3, 0.4) is 0 Å². The van der Waals surface area contributed by atoms with Crippen LogP contribution in [-0.4, -0.2) is 53.6 Å². The molecule has 130 valence electrons. The number of aromatic nitrogens is 2. The van der Waals surface area contributed by atoms with Gasteiger partial charge in [0.2, 0.25) is 6.41 Å². The fraction of sp³-hybridized carbons (Fsp3) is 0.250. The summed E-state index contributed by atoms with van der Waals surface area (Å²) in [6, 6.07) is 7.32. The van der Waals surface area contributed by atoms with E-state index in [-0.39, 0.29) is 16.4 Å². The Balaban J connectivity index is 1.67. The predicted octanol–water partition coefficient (Wildman–Crippen LogP) is 1.80. The highest BCUT2D eigenvalue weighted by Gasteiger charge is 2.19. The molecular weight excluding hydrogens is 349 g/mol. The SMILES string of the molecule is O=CN1CCN(c2ccc(NC(=O)c3c(F)cccc3Cl)nn2)CC1. The largest absolute Gasteiger partial charge is 0.352 e. The third-order valence-corrected chi connectivity index (χ3v) is 4.18. The molecule has 3 rings (SSSR count). The molecule has 1 aromatic heterocycles. The van der Waals surface area contributed by atoms with Gasteiger partial charge in [0.25, 0.3) is 5.91 Å². The predicted molar refractivity (Wildman–Crippen MR) is 91.2 cm³/mol. The van der Waals surface area contributed by atoms with E-state index in [9.17, 15) is 14.0 Å². The number of amides is 2. The van der Waals surface area contributed by atoms with Gasteiger partial charge in [-0.05, 0) is 24.3 Å². The van der Waals surface area contributed by atoms with Crippen LogP contribution in [0.25, 0.3) is 0 Å². The molecule has 1 aliphatic heterocycles. The van der Waals surface area contributed by atoms with Crippen LogP contribution in [-0.2, 0) is 4.79 Å². The maximum atomic E-state index is 13.8. The Hall–Kier alpha value is -2.74. The number of nitrogens with zero attached hydrogens (tertiary/aromatic N) is 4. The molecule has 2 amide bonds. The lowest BCUT2D eigenvalue weighted by molar-refractivity contribution is -0.118. The van der Waals surface area contributed by atoms with Crippen LogP contribution in [0.15, 0.2) is 30.3 Å². The van der Waals surface area contributed by atoms with Gasteiger partial charge >= 0.3 is 0 Å². The Morgan fingerprint density at radius 1 is 1.16 bits per heavy atom. The second-order valence-electron chi connectivity index (χ2n) is 5.46. The zero-order chi connectivity index (χ0) is 17.8. The van der Waals surface area contributed by atoms with Crippen molar-refractivity contribution in [1.82, 2.24) is 15.1 Å². The number of carbonyl (C=O) groups excluding carboxylic acids is 2. The van der Waals surface area contributed by atoms with E-state index in [0.717, 1.165) is 12.5 Å². The lowest BCUT2D eigenvalue weighted by Gasteiger charge is -2.32. The fourth-order valence-corrected chi connectivity index (χ4v) is 2.76. The number of piperazine rings is 1. The molecule has 0 radical (unpaired) electrons. The van der Waals surface area contributed by atoms with E-state index < -0.39 is 11.7 Å². The van der Waals surface area contributed by atoms with Crippen molar-refractivity contribution in [3.8, 4) is 0 Å². The number of anilines is 2.